The Morgan fingerprint density at radius 1 is 0.806 bits per heavy atom. The van der Waals surface area contributed by atoms with Crippen molar-refractivity contribution in [2.45, 2.75) is 6.42 Å². The van der Waals surface area contributed by atoms with Gasteiger partial charge in [-0.25, -0.2) is 0 Å². The van der Waals surface area contributed by atoms with Crippen LogP contribution in [0.3, 0.4) is 0 Å². The number of anilines is 1. The van der Waals surface area contributed by atoms with E-state index in [-0.39, 0.29) is 5.91 Å². The summed E-state index contributed by atoms with van der Waals surface area (Å²) in [6.07, 6.45) is 3.77. The van der Waals surface area contributed by atoms with Crippen molar-refractivity contribution in [1.82, 2.24) is 24.8 Å². The SMILES string of the molecule is O=C(Cc1ccccc1)Nc1ccc(-c2ccc3nnc(-c4ccncc4)n3n2)cc1. The first kappa shape index (κ1) is 18.6. The van der Waals surface area contributed by atoms with Crippen LogP contribution in [0, 0.1) is 0 Å². The Morgan fingerprint density at radius 2 is 1.58 bits per heavy atom. The Labute approximate surface area is 178 Å². The summed E-state index contributed by atoms with van der Waals surface area (Å²) in [6.45, 7) is 0. The molecule has 7 heteroatoms. The Bertz CT molecular complexity index is 1330. The average molecular weight is 406 g/mol. The number of carbonyl (C=O) groups excluding carboxylic acids is 1. The molecule has 3 heterocycles. The first-order valence-electron chi connectivity index (χ1n) is 9.83. The summed E-state index contributed by atoms with van der Waals surface area (Å²) in [7, 11) is 0. The summed E-state index contributed by atoms with van der Waals surface area (Å²) in [6, 6.07) is 24.8. The molecule has 5 rings (SSSR count). The van der Waals surface area contributed by atoms with Crippen molar-refractivity contribution >= 4 is 17.2 Å². The van der Waals surface area contributed by atoms with Gasteiger partial charge in [0.05, 0.1) is 12.1 Å². The zero-order valence-electron chi connectivity index (χ0n) is 16.5. The smallest absolute Gasteiger partial charge is 0.228 e. The Hall–Kier alpha value is -4.39. The fourth-order valence-electron chi connectivity index (χ4n) is 3.33. The largest absolute Gasteiger partial charge is 0.326 e. The molecule has 3 aromatic heterocycles. The third kappa shape index (κ3) is 4.02. The van der Waals surface area contributed by atoms with Crippen molar-refractivity contribution in [2.75, 3.05) is 5.32 Å². The van der Waals surface area contributed by atoms with Crippen LogP contribution in [0.15, 0.2) is 91.3 Å². The summed E-state index contributed by atoms with van der Waals surface area (Å²) >= 11 is 0. The minimum atomic E-state index is -0.0509. The van der Waals surface area contributed by atoms with Crippen LogP contribution in [0.5, 0.6) is 0 Å². The molecular weight excluding hydrogens is 388 g/mol. The molecule has 0 bridgehead atoms. The molecule has 2 aromatic carbocycles. The van der Waals surface area contributed by atoms with E-state index < -0.39 is 0 Å². The second kappa shape index (κ2) is 8.16. The molecule has 0 unspecified atom stereocenters. The molecule has 0 atom stereocenters. The Kier molecular flexibility index (Phi) is 4.90. The van der Waals surface area contributed by atoms with Crippen LogP contribution in [0.1, 0.15) is 5.56 Å². The van der Waals surface area contributed by atoms with Gasteiger partial charge in [-0.15, -0.1) is 10.2 Å². The van der Waals surface area contributed by atoms with E-state index >= 15 is 0 Å². The molecule has 1 N–H and O–H groups in total. The highest BCUT2D eigenvalue weighted by molar-refractivity contribution is 5.92. The molecule has 1 amide bonds. The van der Waals surface area contributed by atoms with Gasteiger partial charge in [-0.3, -0.25) is 9.78 Å². The predicted octanol–water partition coefficient (Wildman–Crippen LogP) is 4.03. The van der Waals surface area contributed by atoms with Crippen molar-refractivity contribution in [1.29, 1.82) is 0 Å². The first-order valence-corrected chi connectivity index (χ1v) is 9.83. The van der Waals surface area contributed by atoms with Gasteiger partial charge in [-0.1, -0.05) is 42.5 Å². The van der Waals surface area contributed by atoms with Crippen LogP contribution in [0.2, 0.25) is 0 Å². The molecule has 0 saturated carbocycles. The molecule has 0 spiro atoms. The van der Waals surface area contributed by atoms with Crippen LogP contribution >= 0.6 is 0 Å². The fraction of sp³-hybridized carbons (Fsp3) is 0.0417. The highest BCUT2D eigenvalue weighted by atomic mass is 16.1. The first-order chi connectivity index (χ1) is 15.3. The van der Waals surface area contributed by atoms with E-state index in [4.69, 9.17) is 5.10 Å². The fourth-order valence-corrected chi connectivity index (χ4v) is 3.33. The summed E-state index contributed by atoms with van der Waals surface area (Å²) in [4.78, 5) is 16.3. The summed E-state index contributed by atoms with van der Waals surface area (Å²) in [5.74, 6) is 0.606. The molecule has 0 saturated heterocycles. The molecular formula is C24H18N6O. The maximum Gasteiger partial charge on any atom is 0.228 e. The van der Waals surface area contributed by atoms with Gasteiger partial charge in [0.25, 0.3) is 0 Å². The van der Waals surface area contributed by atoms with Crippen molar-refractivity contribution in [3.05, 3.63) is 96.8 Å². The topological polar surface area (TPSA) is 85.1 Å². The number of fused-ring (bicyclic) bond motifs is 1. The quantitative estimate of drug-likeness (QED) is 0.476. The molecule has 31 heavy (non-hydrogen) atoms. The van der Waals surface area contributed by atoms with Crippen LogP contribution in [0.4, 0.5) is 5.69 Å². The molecule has 0 radical (unpaired) electrons. The number of amides is 1. The third-order valence-electron chi connectivity index (χ3n) is 4.87. The van der Waals surface area contributed by atoms with Gasteiger partial charge >= 0.3 is 0 Å². The molecule has 0 aliphatic rings. The molecule has 150 valence electrons. The molecule has 0 aliphatic carbocycles. The molecule has 0 fully saturated rings. The lowest BCUT2D eigenvalue weighted by Crippen LogP contribution is -2.14. The van der Waals surface area contributed by atoms with E-state index in [1.807, 2.05) is 78.9 Å². The third-order valence-corrected chi connectivity index (χ3v) is 4.87. The summed E-state index contributed by atoms with van der Waals surface area (Å²) in [5.41, 5.74) is 4.99. The van der Waals surface area contributed by atoms with Gasteiger partial charge in [-0.05, 0) is 42.0 Å². The number of carbonyl (C=O) groups is 1. The van der Waals surface area contributed by atoms with Gasteiger partial charge < -0.3 is 5.32 Å². The number of aromatic nitrogens is 5. The number of nitrogens with zero attached hydrogens (tertiary/aromatic N) is 5. The highest BCUT2D eigenvalue weighted by Crippen LogP contribution is 2.22. The number of hydrogen-bond acceptors (Lipinski definition) is 5. The Balaban J connectivity index is 1.36. The number of pyridine rings is 1. The van der Waals surface area contributed by atoms with Gasteiger partial charge in [-0.2, -0.15) is 9.61 Å². The predicted molar refractivity (Wildman–Crippen MR) is 118 cm³/mol. The lowest BCUT2D eigenvalue weighted by Gasteiger charge is -2.07. The summed E-state index contributed by atoms with van der Waals surface area (Å²) < 4.78 is 1.72. The van der Waals surface area contributed by atoms with Crippen LogP contribution in [0.25, 0.3) is 28.3 Å². The monoisotopic (exact) mass is 406 g/mol. The lowest BCUT2D eigenvalue weighted by atomic mass is 10.1. The minimum absolute atomic E-state index is 0.0509. The van der Waals surface area contributed by atoms with Crippen molar-refractivity contribution in [2.24, 2.45) is 0 Å². The molecule has 5 aromatic rings. The highest BCUT2D eigenvalue weighted by Gasteiger charge is 2.11. The van der Waals surface area contributed by atoms with Gasteiger partial charge in [0.2, 0.25) is 5.91 Å². The number of hydrogen-bond donors (Lipinski definition) is 1. The molecule has 0 aliphatic heterocycles. The van der Waals surface area contributed by atoms with E-state index in [1.165, 1.54) is 0 Å². The number of nitrogens with one attached hydrogen (secondary N) is 1. The normalized spacial score (nSPS) is 10.8. The van der Waals surface area contributed by atoms with E-state index in [1.54, 1.807) is 16.9 Å². The number of rotatable bonds is 5. The Morgan fingerprint density at radius 3 is 2.35 bits per heavy atom. The summed E-state index contributed by atoms with van der Waals surface area (Å²) in [5, 5.41) is 16.1. The van der Waals surface area contributed by atoms with Crippen molar-refractivity contribution in [3.63, 3.8) is 0 Å². The van der Waals surface area contributed by atoms with E-state index in [0.717, 1.165) is 28.1 Å². The maximum atomic E-state index is 12.3. The molecule has 7 nitrogen and oxygen atoms in total. The zero-order valence-corrected chi connectivity index (χ0v) is 16.5. The van der Waals surface area contributed by atoms with E-state index in [0.29, 0.717) is 17.9 Å². The van der Waals surface area contributed by atoms with Crippen LogP contribution in [-0.4, -0.2) is 30.7 Å². The maximum absolute atomic E-state index is 12.3. The number of benzene rings is 2. The zero-order chi connectivity index (χ0) is 21.0. The van der Waals surface area contributed by atoms with Gasteiger partial charge in [0.15, 0.2) is 11.5 Å². The minimum Gasteiger partial charge on any atom is -0.326 e. The van der Waals surface area contributed by atoms with Crippen LogP contribution in [-0.2, 0) is 11.2 Å². The van der Waals surface area contributed by atoms with E-state index in [9.17, 15) is 4.79 Å². The second-order valence-corrected chi connectivity index (χ2v) is 7.04. The van der Waals surface area contributed by atoms with Gasteiger partial charge in [0, 0.05) is 29.2 Å². The van der Waals surface area contributed by atoms with Crippen LogP contribution < -0.4 is 5.32 Å². The van der Waals surface area contributed by atoms with Crippen molar-refractivity contribution in [3.8, 4) is 22.6 Å². The standard InChI is InChI=1S/C24H18N6O/c31-23(16-17-4-2-1-3-5-17)26-20-8-6-18(7-9-20)21-10-11-22-27-28-24(30(22)29-21)19-12-14-25-15-13-19/h1-15H,16H2,(H,26,31). The average Bonchev–Trinajstić information content (AvgIpc) is 3.24. The van der Waals surface area contributed by atoms with Crippen molar-refractivity contribution < 1.29 is 4.79 Å². The van der Waals surface area contributed by atoms with Gasteiger partial charge in [0.1, 0.15) is 0 Å². The van der Waals surface area contributed by atoms with E-state index in [2.05, 4.69) is 20.5 Å². The lowest BCUT2D eigenvalue weighted by molar-refractivity contribution is -0.115. The second-order valence-electron chi connectivity index (χ2n) is 7.04.